The van der Waals surface area contributed by atoms with Gasteiger partial charge in [-0.15, -0.1) is 0 Å². The molecule has 0 bridgehead atoms. The molecule has 0 aromatic heterocycles. The molecule has 2 aliphatic rings. The summed E-state index contributed by atoms with van der Waals surface area (Å²) in [5.41, 5.74) is -0.642. The van der Waals surface area contributed by atoms with Gasteiger partial charge in [0, 0.05) is 28.3 Å². The monoisotopic (exact) mass is 436 g/mol. The Bertz CT molecular complexity index is 732. The number of nitrogens with zero attached hydrogens (tertiary/aromatic N) is 2. The van der Waals surface area contributed by atoms with Gasteiger partial charge in [0.2, 0.25) is 5.91 Å². The Morgan fingerprint density at radius 2 is 2.00 bits per heavy atom. The number of hydrogen-bond acceptors (Lipinski definition) is 2. The number of alkyl halides is 3. The van der Waals surface area contributed by atoms with E-state index < -0.39 is 30.1 Å². The largest absolute Gasteiger partial charge is 0.406 e. The van der Waals surface area contributed by atoms with Gasteiger partial charge in [-0.1, -0.05) is 6.08 Å². The van der Waals surface area contributed by atoms with Gasteiger partial charge in [0.25, 0.3) is 5.91 Å². The number of carbonyl (C=O) groups is 2. The minimum atomic E-state index is -4.59. The lowest BCUT2D eigenvalue weighted by Gasteiger charge is -2.41. The molecule has 2 amide bonds. The van der Waals surface area contributed by atoms with Gasteiger partial charge < -0.3 is 9.80 Å². The molecule has 0 aliphatic carbocycles. The highest BCUT2D eigenvalue weighted by Crippen LogP contribution is 2.48. The molecule has 1 aromatic rings. The van der Waals surface area contributed by atoms with E-state index in [1.54, 1.807) is 18.2 Å². The van der Waals surface area contributed by atoms with Gasteiger partial charge in [0.15, 0.2) is 5.54 Å². The van der Waals surface area contributed by atoms with Crippen LogP contribution >= 0.6 is 22.6 Å². The van der Waals surface area contributed by atoms with Crippen molar-refractivity contribution in [2.45, 2.75) is 18.1 Å². The van der Waals surface area contributed by atoms with Crippen molar-refractivity contribution in [3.63, 3.8) is 0 Å². The van der Waals surface area contributed by atoms with Crippen LogP contribution in [0.3, 0.4) is 0 Å². The van der Waals surface area contributed by atoms with Crippen LogP contribution in [-0.2, 0) is 15.1 Å². The third kappa shape index (κ3) is 2.43. The van der Waals surface area contributed by atoms with E-state index >= 15 is 0 Å². The van der Waals surface area contributed by atoms with Crippen molar-refractivity contribution in [1.29, 1.82) is 0 Å². The maximum absolute atomic E-state index is 13.0. The molecule has 8 heteroatoms. The Labute approximate surface area is 144 Å². The Morgan fingerprint density at radius 1 is 1.30 bits per heavy atom. The van der Waals surface area contributed by atoms with Crippen LogP contribution in [0.25, 0.3) is 0 Å². The SMILES string of the molecule is CN1C(=O)C2(CC=CC(=O)N2CC(F)(F)F)c2cc(I)ccc21. The van der Waals surface area contributed by atoms with Crippen LogP contribution in [0.2, 0.25) is 0 Å². The predicted molar refractivity (Wildman–Crippen MR) is 85.8 cm³/mol. The van der Waals surface area contributed by atoms with Gasteiger partial charge in [-0.2, -0.15) is 13.2 Å². The summed E-state index contributed by atoms with van der Waals surface area (Å²) in [4.78, 5) is 26.9. The smallest absolute Gasteiger partial charge is 0.313 e. The Kier molecular flexibility index (Phi) is 3.69. The zero-order valence-corrected chi connectivity index (χ0v) is 14.2. The first kappa shape index (κ1) is 16.3. The van der Waals surface area contributed by atoms with Crippen molar-refractivity contribution < 1.29 is 22.8 Å². The molecule has 1 spiro atoms. The normalized spacial score (nSPS) is 23.9. The molecule has 0 radical (unpaired) electrons. The molecule has 1 unspecified atom stereocenters. The minimum absolute atomic E-state index is 0.0328. The molecule has 2 heterocycles. The van der Waals surface area contributed by atoms with Gasteiger partial charge >= 0.3 is 6.18 Å². The lowest BCUT2D eigenvalue weighted by atomic mass is 9.83. The first-order valence-electron chi connectivity index (χ1n) is 6.80. The van der Waals surface area contributed by atoms with Gasteiger partial charge in [-0.25, -0.2) is 0 Å². The van der Waals surface area contributed by atoms with Crippen molar-refractivity contribution in [2.75, 3.05) is 18.5 Å². The summed E-state index contributed by atoms with van der Waals surface area (Å²) in [6.45, 7) is -1.46. The fraction of sp³-hybridized carbons (Fsp3) is 0.333. The van der Waals surface area contributed by atoms with Crippen LogP contribution in [0.5, 0.6) is 0 Å². The molecular formula is C15H12F3IN2O2. The van der Waals surface area contributed by atoms with Gasteiger partial charge in [-0.05, 0) is 46.9 Å². The molecule has 2 aliphatic heterocycles. The number of rotatable bonds is 1. The van der Waals surface area contributed by atoms with E-state index in [1.165, 1.54) is 18.0 Å². The minimum Gasteiger partial charge on any atom is -0.313 e. The maximum atomic E-state index is 13.0. The van der Waals surface area contributed by atoms with Crippen LogP contribution in [-0.4, -0.2) is 36.5 Å². The average molecular weight is 436 g/mol. The number of benzene rings is 1. The standard InChI is InChI=1S/C15H12F3IN2O2/c1-20-11-5-4-9(19)7-10(11)14(13(20)23)6-2-3-12(22)21(14)8-15(16,17)18/h2-5,7H,6,8H2,1H3. The summed E-state index contributed by atoms with van der Waals surface area (Å²) in [7, 11) is 1.51. The van der Waals surface area contributed by atoms with Crippen molar-refractivity contribution in [2.24, 2.45) is 0 Å². The van der Waals surface area contributed by atoms with Crippen molar-refractivity contribution in [3.8, 4) is 0 Å². The average Bonchev–Trinajstić information content (AvgIpc) is 2.65. The fourth-order valence-corrected chi connectivity index (χ4v) is 3.69. The summed E-state index contributed by atoms with van der Waals surface area (Å²) >= 11 is 2.03. The molecule has 0 saturated heterocycles. The highest BCUT2D eigenvalue weighted by atomic mass is 127. The number of fused-ring (bicyclic) bond motifs is 2. The van der Waals surface area contributed by atoms with Gasteiger partial charge in [0.05, 0.1) is 0 Å². The molecule has 122 valence electrons. The summed E-state index contributed by atoms with van der Waals surface area (Å²) < 4.78 is 39.7. The van der Waals surface area contributed by atoms with Crippen LogP contribution in [0.1, 0.15) is 12.0 Å². The molecule has 23 heavy (non-hydrogen) atoms. The van der Waals surface area contributed by atoms with E-state index in [1.807, 2.05) is 22.6 Å². The summed E-state index contributed by atoms with van der Waals surface area (Å²) in [6, 6.07) is 5.14. The lowest BCUT2D eigenvalue weighted by Crippen LogP contribution is -2.58. The first-order chi connectivity index (χ1) is 10.7. The van der Waals surface area contributed by atoms with E-state index in [9.17, 15) is 22.8 Å². The Hall–Kier alpha value is -1.58. The Balaban J connectivity index is 2.22. The van der Waals surface area contributed by atoms with Crippen LogP contribution in [0, 0.1) is 3.57 Å². The number of anilines is 1. The van der Waals surface area contributed by atoms with E-state index in [2.05, 4.69) is 0 Å². The Morgan fingerprint density at radius 3 is 2.65 bits per heavy atom. The van der Waals surface area contributed by atoms with E-state index in [0.717, 1.165) is 9.65 Å². The first-order valence-corrected chi connectivity index (χ1v) is 7.88. The van der Waals surface area contributed by atoms with Crippen LogP contribution in [0.15, 0.2) is 30.4 Å². The van der Waals surface area contributed by atoms with E-state index in [0.29, 0.717) is 16.2 Å². The number of halogens is 4. The highest BCUT2D eigenvalue weighted by Gasteiger charge is 2.57. The highest BCUT2D eigenvalue weighted by molar-refractivity contribution is 14.1. The molecule has 0 saturated carbocycles. The second kappa shape index (κ2) is 5.22. The molecular weight excluding hydrogens is 424 g/mol. The molecule has 0 N–H and O–H groups in total. The second-order valence-corrected chi connectivity index (χ2v) is 6.78. The van der Waals surface area contributed by atoms with Crippen molar-refractivity contribution in [1.82, 2.24) is 4.90 Å². The van der Waals surface area contributed by atoms with Gasteiger partial charge in [-0.3, -0.25) is 9.59 Å². The maximum Gasteiger partial charge on any atom is 0.406 e. The molecule has 0 fully saturated rings. The third-order valence-corrected chi connectivity index (χ3v) is 4.83. The quantitative estimate of drug-likeness (QED) is 0.636. The molecule has 4 nitrogen and oxygen atoms in total. The van der Waals surface area contributed by atoms with E-state index in [-0.39, 0.29) is 6.42 Å². The third-order valence-electron chi connectivity index (χ3n) is 4.16. The summed E-state index contributed by atoms with van der Waals surface area (Å²) in [5, 5.41) is 0. The zero-order chi connectivity index (χ0) is 17.0. The molecule has 3 rings (SSSR count). The second-order valence-electron chi connectivity index (χ2n) is 5.53. The fourth-order valence-electron chi connectivity index (χ4n) is 3.20. The van der Waals surface area contributed by atoms with Crippen LogP contribution in [0.4, 0.5) is 18.9 Å². The zero-order valence-electron chi connectivity index (χ0n) is 12.0. The summed E-state index contributed by atoms with van der Waals surface area (Å²) in [6.07, 6.45) is -1.99. The molecule has 1 atom stereocenters. The van der Waals surface area contributed by atoms with E-state index in [4.69, 9.17) is 0 Å². The van der Waals surface area contributed by atoms with Crippen molar-refractivity contribution >= 4 is 40.1 Å². The lowest BCUT2D eigenvalue weighted by molar-refractivity contribution is -0.174. The number of likely N-dealkylation sites (N-methyl/N-ethyl adjacent to an activating group) is 1. The number of amides is 2. The van der Waals surface area contributed by atoms with Gasteiger partial charge in [0.1, 0.15) is 6.54 Å². The predicted octanol–water partition coefficient (Wildman–Crippen LogP) is 2.81. The topological polar surface area (TPSA) is 40.6 Å². The molecule has 1 aromatic carbocycles. The number of carbonyl (C=O) groups excluding carboxylic acids is 2. The summed E-state index contributed by atoms with van der Waals surface area (Å²) in [5.74, 6) is -1.32. The number of hydrogen-bond donors (Lipinski definition) is 0. The van der Waals surface area contributed by atoms with Crippen LogP contribution < -0.4 is 4.90 Å². The van der Waals surface area contributed by atoms with Crippen molar-refractivity contribution in [3.05, 3.63) is 39.5 Å².